The van der Waals surface area contributed by atoms with Crippen molar-refractivity contribution in [3.05, 3.63) is 39.6 Å². The van der Waals surface area contributed by atoms with Gasteiger partial charge in [0.05, 0.1) is 12.6 Å². The molecular formula is C10H8ClNO2. The first-order valence-corrected chi connectivity index (χ1v) is 4.45. The molecule has 1 aromatic carbocycles. The third kappa shape index (κ3) is 1.46. The van der Waals surface area contributed by atoms with Gasteiger partial charge in [-0.15, -0.1) is 0 Å². The largest absolute Gasteiger partial charge is 0.496 e. The van der Waals surface area contributed by atoms with E-state index >= 15 is 0 Å². The molecule has 0 saturated heterocycles. The lowest BCUT2D eigenvalue weighted by atomic mass is 10.2. The molecule has 0 amide bonds. The van der Waals surface area contributed by atoms with E-state index in [9.17, 15) is 4.79 Å². The van der Waals surface area contributed by atoms with Gasteiger partial charge in [0.25, 0.3) is 5.56 Å². The monoisotopic (exact) mass is 209 g/mol. The van der Waals surface area contributed by atoms with Crippen LogP contribution < -0.4 is 10.3 Å². The summed E-state index contributed by atoms with van der Waals surface area (Å²) in [5, 5.41) is 1.42. The van der Waals surface area contributed by atoms with Crippen molar-refractivity contribution in [2.24, 2.45) is 0 Å². The Morgan fingerprint density at radius 2 is 2.14 bits per heavy atom. The number of H-pyrrole nitrogens is 1. The Labute approximate surface area is 85.3 Å². The number of rotatable bonds is 1. The summed E-state index contributed by atoms with van der Waals surface area (Å²) in [6, 6.07) is 6.63. The highest BCUT2D eigenvalue weighted by Crippen LogP contribution is 2.24. The second-order valence-corrected chi connectivity index (χ2v) is 3.33. The smallest absolute Gasteiger partial charge is 0.252 e. The molecule has 0 saturated carbocycles. The Kier molecular flexibility index (Phi) is 2.17. The third-order valence-corrected chi connectivity index (χ3v) is 2.22. The summed E-state index contributed by atoms with van der Waals surface area (Å²) < 4.78 is 5.08. The number of methoxy groups -OCH3 is 1. The maximum absolute atomic E-state index is 11.2. The lowest BCUT2D eigenvalue weighted by Crippen LogP contribution is -2.04. The van der Waals surface area contributed by atoms with Gasteiger partial charge in [-0.05, 0) is 18.2 Å². The molecule has 0 atom stereocenters. The Morgan fingerprint density at radius 3 is 2.86 bits per heavy atom. The van der Waals surface area contributed by atoms with Crippen molar-refractivity contribution < 1.29 is 4.74 Å². The predicted molar refractivity (Wildman–Crippen MR) is 56.1 cm³/mol. The van der Waals surface area contributed by atoms with Gasteiger partial charge in [-0.1, -0.05) is 11.6 Å². The number of fused-ring (bicyclic) bond motifs is 1. The van der Waals surface area contributed by atoms with Crippen molar-refractivity contribution in [3.8, 4) is 5.75 Å². The highest BCUT2D eigenvalue weighted by Gasteiger charge is 2.03. The summed E-state index contributed by atoms with van der Waals surface area (Å²) in [6.45, 7) is 0. The minimum Gasteiger partial charge on any atom is -0.496 e. The van der Waals surface area contributed by atoms with Crippen LogP contribution in [0.1, 0.15) is 0 Å². The summed E-state index contributed by atoms with van der Waals surface area (Å²) in [4.78, 5) is 13.9. The highest BCUT2D eigenvalue weighted by atomic mass is 35.5. The third-order valence-electron chi connectivity index (χ3n) is 1.99. The van der Waals surface area contributed by atoms with Crippen LogP contribution in [0.15, 0.2) is 29.1 Å². The van der Waals surface area contributed by atoms with E-state index in [0.717, 1.165) is 10.9 Å². The number of halogens is 1. The Hall–Kier alpha value is -1.48. The molecule has 4 heteroatoms. The number of ether oxygens (including phenoxy) is 1. The SMILES string of the molecule is COc1cc(=O)[nH]c2ccc(Cl)cc12. The van der Waals surface area contributed by atoms with Crippen molar-refractivity contribution in [2.45, 2.75) is 0 Å². The minimum atomic E-state index is -0.184. The molecule has 1 heterocycles. The van der Waals surface area contributed by atoms with Crippen LogP contribution in [0.2, 0.25) is 5.02 Å². The number of pyridine rings is 1. The van der Waals surface area contributed by atoms with Crippen LogP contribution >= 0.6 is 11.6 Å². The lowest BCUT2D eigenvalue weighted by Gasteiger charge is -2.04. The van der Waals surface area contributed by atoms with Gasteiger partial charge in [0.15, 0.2) is 0 Å². The Balaban J connectivity index is 2.88. The molecule has 2 rings (SSSR count). The van der Waals surface area contributed by atoms with Gasteiger partial charge < -0.3 is 9.72 Å². The molecule has 72 valence electrons. The van der Waals surface area contributed by atoms with Crippen LogP contribution in [-0.4, -0.2) is 12.1 Å². The molecule has 0 spiro atoms. The summed E-state index contributed by atoms with van der Waals surface area (Å²) in [6.07, 6.45) is 0. The summed E-state index contributed by atoms with van der Waals surface area (Å²) in [5.74, 6) is 0.534. The number of aromatic amines is 1. The van der Waals surface area contributed by atoms with Gasteiger partial charge in [0.2, 0.25) is 0 Å². The van der Waals surface area contributed by atoms with Gasteiger partial charge in [-0.3, -0.25) is 4.79 Å². The van der Waals surface area contributed by atoms with E-state index in [0.29, 0.717) is 10.8 Å². The summed E-state index contributed by atoms with van der Waals surface area (Å²) in [7, 11) is 1.52. The van der Waals surface area contributed by atoms with Gasteiger partial charge >= 0.3 is 0 Å². The molecule has 0 radical (unpaired) electrons. The highest BCUT2D eigenvalue weighted by molar-refractivity contribution is 6.31. The molecule has 3 nitrogen and oxygen atoms in total. The van der Waals surface area contributed by atoms with Crippen LogP contribution in [0.25, 0.3) is 10.9 Å². The van der Waals surface area contributed by atoms with Crippen molar-refractivity contribution in [1.29, 1.82) is 0 Å². The molecule has 2 aromatic rings. The van der Waals surface area contributed by atoms with E-state index in [2.05, 4.69) is 4.98 Å². The zero-order valence-electron chi connectivity index (χ0n) is 7.50. The standard InChI is InChI=1S/C10H8ClNO2/c1-14-9-5-10(13)12-8-3-2-6(11)4-7(8)9/h2-5H,1H3,(H,12,13). The zero-order valence-corrected chi connectivity index (χ0v) is 8.26. The van der Waals surface area contributed by atoms with Crippen LogP contribution in [0.4, 0.5) is 0 Å². The van der Waals surface area contributed by atoms with Gasteiger partial charge in [0, 0.05) is 16.5 Å². The van der Waals surface area contributed by atoms with E-state index in [1.807, 2.05) is 0 Å². The molecule has 0 unspecified atom stereocenters. The molecule has 1 N–H and O–H groups in total. The zero-order chi connectivity index (χ0) is 10.1. The maximum Gasteiger partial charge on any atom is 0.252 e. The molecule has 0 aliphatic rings. The van der Waals surface area contributed by atoms with Gasteiger partial charge in [0.1, 0.15) is 5.75 Å². The Morgan fingerprint density at radius 1 is 1.36 bits per heavy atom. The van der Waals surface area contributed by atoms with Crippen molar-refractivity contribution in [3.63, 3.8) is 0 Å². The topological polar surface area (TPSA) is 42.1 Å². The van der Waals surface area contributed by atoms with Gasteiger partial charge in [-0.25, -0.2) is 0 Å². The lowest BCUT2D eigenvalue weighted by molar-refractivity contribution is 0.419. The van der Waals surface area contributed by atoms with Crippen LogP contribution in [-0.2, 0) is 0 Å². The number of benzene rings is 1. The molecule has 0 aliphatic carbocycles. The fraction of sp³-hybridized carbons (Fsp3) is 0.100. The summed E-state index contributed by atoms with van der Waals surface area (Å²) in [5.41, 5.74) is 0.537. The Bertz CT molecular complexity index is 533. The quantitative estimate of drug-likeness (QED) is 0.782. The fourth-order valence-electron chi connectivity index (χ4n) is 1.36. The second kappa shape index (κ2) is 3.35. The number of aromatic nitrogens is 1. The second-order valence-electron chi connectivity index (χ2n) is 2.89. The molecule has 14 heavy (non-hydrogen) atoms. The van der Waals surface area contributed by atoms with Crippen molar-refractivity contribution >= 4 is 22.5 Å². The van der Waals surface area contributed by atoms with Crippen LogP contribution in [0, 0.1) is 0 Å². The van der Waals surface area contributed by atoms with E-state index in [-0.39, 0.29) is 5.56 Å². The van der Waals surface area contributed by atoms with E-state index in [1.54, 1.807) is 18.2 Å². The average molecular weight is 210 g/mol. The molecule has 0 bridgehead atoms. The molecular weight excluding hydrogens is 202 g/mol. The number of hydrogen-bond acceptors (Lipinski definition) is 2. The first-order chi connectivity index (χ1) is 6.70. The van der Waals surface area contributed by atoms with E-state index < -0.39 is 0 Å². The van der Waals surface area contributed by atoms with Crippen LogP contribution in [0.3, 0.4) is 0 Å². The van der Waals surface area contributed by atoms with Crippen molar-refractivity contribution in [1.82, 2.24) is 4.98 Å². The van der Waals surface area contributed by atoms with E-state index in [1.165, 1.54) is 13.2 Å². The molecule has 0 aliphatic heterocycles. The molecule has 1 aromatic heterocycles. The molecule has 0 fully saturated rings. The predicted octanol–water partition coefficient (Wildman–Crippen LogP) is 2.19. The summed E-state index contributed by atoms with van der Waals surface area (Å²) >= 11 is 5.84. The maximum atomic E-state index is 11.2. The number of nitrogens with one attached hydrogen (secondary N) is 1. The van der Waals surface area contributed by atoms with Gasteiger partial charge in [-0.2, -0.15) is 0 Å². The minimum absolute atomic E-state index is 0.184. The van der Waals surface area contributed by atoms with Crippen LogP contribution in [0.5, 0.6) is 5.75 Å². The first kappa shape index (κ1) is 9.09. The fourth-order valence-corrected chi connectivity index (χ4v) is 1.54. The normalized spacial score (nSPS) is 10.4. The van der Waals surface area contributed by atoms with Crippen molar-refractivity contribution in [2.75, 3.05) is 7.11 Å². The number of hydrogen-bond donors (Lipinski definition) is 1. The first-order valence-electron chi connectivity index (χ1n) is 4.07. The average Bonchev–Trinajstić information content (AvgIpc) is 2.17. The van der Waals surface area contributed by atoms with E-state index in [4.69, 9.17) is 16.3 Å².